The number of rotatable bonds is 7. The summed E-state index contributed by atoms with van der Waals surface area (Å²) in [5.41, 5.74) is 2.42. The SMILES string of the molecule is O=C(NCCn1cnc(-c2ccccc2)cc1=O)c1ccccc1C(=O)c1ccccc1. The topological polar surface area (TPSA) is 81.1 Å². The van der Waals surface area contributed by atoms with Crippen molar-refractivity contribution in [1.29, 1.82) is 0 Å². The first-order chi connectivity index (χ1) is 15.6. The molecule has 3 aromatic carbocycles. The molecule has 0 saturated heterocycles. The molecule has 1 N–H and O–H groups in total. The van der Waals surface area contributed by atoms with Gasteiger partial charge in [-0.25, -0.2) is 4.98 Å². The van der Waals surface area contributed by atoms with Crippen LogP contribution in [0.1, 0.15) is 26.3 Å². The molecular weight excluding hydrogens is 402 g/mol. The third-order valence-corrected chi connectivity index (χ3v) is 5.04. The van der Waals surface area contributed by atoms with Crippen LogP contribution in [0, 0.1) is 0 Å². The fourth-order valence-electron chi connectivity index (χ4n) is 3.37. The van der Waals surface area contributed by atoms with Crippen molar-refractivity contribution in [2.45, 2.75) is 6.54 Å². The summed E-state index contributed by atoms with van der Waals surface area (Å²) in [6.45, 7) is 0.487. The molecule has 4 aromatic rings. The monoisotopic (exact) mass is 423 g/mol. The summed E-state index contributed by atoms with van der Waals surface area (Å²) in [5.74, 6) is -0.583. The Morgan fingerprint density at radius 3 is 2.12 bits per heavy atom. The van der Waals surface area contributed by atoms with Gasteiger partial charge >= 0.3 is 0 Å². The van der Waals surface area contributed by atoms with Crippen molar-refractivity contribution in [2.75, 3.05) is 6.54 Å². The van der Waals surface area contributed by atoms with E-state index in [9.17, 15) is 14.4 Å². The quantitative estimate of drug-likeness (QED) is 0.461. The van der Waals surface area contributed by atoms with Gasteiger partial charge in [0.05, 0.1) is 17.6 Å². The van der Waals surface area contributed by atoms with E-state index >= 15 is 0 Å². The predicted molar refractivity (Wildman–Crippen MR) is 123 cm³/mol. The zero-order valence-electron chi connectivity index (χ0n) is 17.3. The Labute approximate surface area is 185 Å². The van der Waals surface area contributed by atoms with Crippen molar-refractivity contribution < 1.29 is 9.59 Å². The van der Waals surface area contributed by atoms with Crippen LogP contribution in [0.4, 0.5) is 0 Å². The molecule has 6 nitrogen and oxygen atoms in total. The number of hydrogen-bond acceptors (Lipinski definition) is 4. The molecule has 6 heteroatoms. The second-order valence-corrected chi connectivity index (χ2v) is 7.17. The van der Waals surface area contributed by atoms with Gasteiger partial charge in [-0.2, -0.15) is 0 Å². The highest BCUT2D eigenvalue weighted by molar-refractivity contribution is 6.15. The molecule has 0 fully saturated rings. The summed E-state index contributed by atoms with van der Waals surface area (Å²) in [7, 11) is 0. The highest BCUT2D eigenvalue weighted by Gasteiger charge is 2.17. The Morgan fingerprint density at radius 2 is 1.44 bits per heavy atom. The molecule has 0 radical (unpaired) electrons. The number of amides is 1. The second kappa shape index (κ2) is 9.66. The number of aromatic nitrogens is 2. The van der Waals surface area contributed by atoms with Crippen molar-refractivity contribution in [2.24, 2.45) is 0 Å². The van der Waals surface area contributed by atoms with Crippen LogP contribution in [0.25, 0.3) is 11.3 Å². The molecule has 0 spiro atoms. The van der Waals surface area contributed by atoms with E-state index in [-0.39, 0.29) is 30.3 Å². The van der Waals surface area contributed by atoms with E-state index in [2.05, 4.69) is 10.3 Å². The first-order valence-corrected chi connectivity index (χ1v) is 10.2. The van der Waals surface area contributed by atoms with E-state index in [1.54, 1.807) is 48.5 Å². The van der Waals surface area contributed by atoms with Crippen LogP contribution >= 0.6 is 0 Å². The van der Waals surface area contributed by atoms with Crippen molar-refractivity contribution in [3.8, 4) is 11.3 Å². The van der Waals surface area contributed by atoms with Crippen molar-refractivity contribution in [3.05, 3.63) is 124 Å². The molecule has 0 atom stereocenters. The molecule has 4 rings (SSSR count). The minimum absolute atomic E-state index is 0.201. The first kappa shape index (κ1) is 20.9. The molecule has 0 saturated carbocycles. The highest BCUT2D eigenvalue weighted by atomic mass is 16.2. The Balaban J connectivity index is 1.43. The Morgan fingerprint density at radius 1 is 0.812 bits per heavy atom. The third kappa shape index (κ3) is 4.70. The molecule has 158 valence electrons. The summed E-state index contributed by atoms with van der Waals surface area (Å²) in [4.78, 5) is 42.3. The van der Waals surface area contributed by atoms with Gasteiger partial charge in [-0.05, 0) is 6.07 Å². The number of nitrogens with zero attached hydrogens (tertiary/aromatic N) is 2. The van der Waals surface area contributed by atoms with Crippen molar-refractivity contribution in [1.82, 2.24) is 14.9 Å². The molecule has 1 aromatic heterocycles. The lowest BCUT2D eigenvalue weighted by atomic mass is 9.98. The minimum Gasteiger partial charge on any atom is -0.350 e. The van der Waals surface area contributed by atoms with Gasteiger partial charge in [-0.3, -0.25) is 19.0 Å². The summed E-state index contributed by atoms with van der Waals surface area (Å²) >= 11 is 0. The zero-order chi connectivity index (χ0) is 22.3. The van der Waals surface area contributed by atoms with Crippen LogP contribution in [0.15, 0.2) is 102 Å². The lowest BCUT2D eigenvalue weighted by Crippen LogP contribution is -2.31. The third-order valence-electron chi connectivity index (χ3n) is 5.04. The van der Waals surface area contributed by atoms with Crippen LogP contribution in [0.3, 0.4) is 0 Å². The minimum atomic E-state index is -0.369. The highest BCUT2D eigenvalue weighted by Crippen LogP contribution is 2.15. The number of carbonyl (C=O) groups is 2. The largest absolute Gasteiger partial charge is 0.350 e. The van der Waals surface area contributed by atoms with Crippen LogP contribution in [0.5, 0.6) is 0 Å². The smallest absolute Gasteiger partial charge is 0.253 e. The van der Waals surface area contributed by atoms with Crippen molar-refractivity contribution in [3.63, 3.8) is 0 Å². The van der Waals surface area contributed by atoms with Gasteiger partial charge in [0.1, 0.15) is 0 Å². The lowest BCUT2D eigenvalue weighted by Gasteiger charge is -2.11. The number of hydrogen-bond donors (Lipinski definition) is 1. The van der Waals surface area contributed by atoms with E-state index in [1.165, 1.54) is 17.0 Å². The van der Waals surface area contributed by atoms with Crippen LogP contribution in [-0.2, 0) is 6.54 Å². The summed E-state index contributed by atoms with van der Waals surface area (Å²) in [6, 6.07) is 26.5. The average Bonchev–Trinajstić information content (AvgIpc) is 2.85. The lowest BCUT2D eigenvalue weighted by molar-refractivity contribution is 0.0940. The van der Waals surface area contributed by atoms with E-state index in [0.29, 0.717) is 22.4 Å². The molecule has 0 unspecified atom stereocenters. The van der Waals surface area contributed by atoms with E-state index < -0.39 is 0 Å². The van der Waals surface area contributed by atoms with E-state index in [1.807, 2.05) is 36.4 Å². The van der Waals surface area contributed by atoms with E-state index in [0.717, 1.165) is 5.56 Å². The fraction of sp³-hybridized carbons (Fsp3) is 0.0769. The van der Waals surface area contributed by atoms with Gasteiger partial charge in [0.15, 0.2) is 5.78 Å². The Bertz CT molecular complexity index is 1300. The zero-order valence-corrected chi connectivity index (χ0v) is 17.3. The average molecular weight is 423 g/mol. The standard InChI is InChI=1S/C26H21N3O3/c30-24-17-23(19-9-3-1-4-10-19)28-18-29(24)16-15-27-26(32)22-14-8-7-13-21(22)25(31)20-11-5-2-6-12-20/h1-14,17-18H,15-16H2,(H,27,32). The summed E-state index contributed by atoms with van der Waals surface area (Å²) in [5, 5.41) is 2.79. The van der Waals surface area contributed by atoms with Gasteiger partial charge in [0, 0.05) is 35.8 Å². The van der Waals surface area contributed by atoms with Crippen LogP contribution in [0.2, 0.25) is 0 Å². The molecule has 0 aliphatic heterocycles. The maximum absolute atomic E-state index is 12.8. The van der Waals surface area contributed by atoms with Crippen molar-refractivity contribution >= 4 is 11.7 Å². The predicted octanol–water partition coefficient (Wildman–Crippen LogP) is 3.57. The first-order valence-electron chi connectivity index (χ1n) is 10.2. The molecule has 0 bridgehead atoms. The number of carbonyl (C=O) groups excluding carboxylic acids is 2. The Kier molecular flexibility index (Phi) is 6.32. The Hall–Kier alpha value is -4.32. The maximum atomic E-state index is 12.8. The fourth-order valence-corrected chi connectivity index (χ4v) is 3.37. The molecule has 1 amide bonds. The van der Waals surface area contributed by atoms with Gasteiger partial charge in [-0.15, -0.1) is 0 Å². The molecular formula is C26H21N3O3. The van der Waals surface area contributed by atoms with Crippen LogP contribution in [-0.4, -0.2) is 27.8 Å². The van der Waals surface area contributed by atoms with Gasteiger partial charge in [0.25, 0.3) is 11.5 Å². The maximum Gasteiger partial charge on any atom is 0.253 e. The van der Waals surface area contributed by atoms with Gasteiger partial charge in [0.2, 0.25) is 0 Å². The molecule has 32 heavy (non-hydrogen) atoms. The van der Waals surface area contributed by atoms with E-state index in [4.69, 9.17) is 0 Å². The van der Waals surface area contributed by atoms with Crippen LogP contribution < -0.4 is 10.9 Å². The number of nitrogens with one attached hydrogen (secondary N) is 1. The summed E-state index contributed by atoms with van der Waals surface area (Å²) < 4.78 is 1.44. The van der Waals surface area contributed by atoms with Gasteiger partial charge in [-0.1, -0.05) is 78.9 Å². The molecule has 1 heterocycles. The normalized spacial score (nSPS) is 10.5. The summed E-state index contributed by atoms with van der Waals surface area (Å²) in [6.07, 6.45) is 1.48. The number of benzene rings is 3. The molecule has 0 aliphatic rings. The number of ketones is 1. The second-order valence-electron chi connectivity index (χ2n) is 7.17. The van der Waals surface area contributed by atoms with Gasteiger partial charge < -0.3 is 5.32 Å². The molecule has 0 aliphatic carbocycles.